The number of amides is 1. The molecule has 2 atom stereocenters. The third-order valence-corrected chi connectivity index (χ3v) is 6.14. The lowest BCUT2D eigenvalue weighted by Gasteiger charge is -2.34. The van der Waals surface area contributed by atoms with Crippen molar-refractivity contribution in [1.82, 2.24) is 5.43 Å². The number of hydrogen-bond acceptors (Lipinski definition) is 4. The predicted molar refractivity (Wildman–Crippen MR) is 87.2 cm³/mol. The van der Waals surface area contributed by atoms with E-state index in [2.05, 4.69) is 31.3 Å². The van der Waals surface area contributed by atoms with Crippen LogP contribution >= 0.6 is 0 Å². The number of non-ortho nitro benzene ring substituents is 1. The minimum atomic E-state index is -0.486. The number of rotatable bonds is 3. The first-order valence-corrected chi connectivity index (χ1v) is 7.87. The molecule has 2 aliphatic carbocycles. The molecule has 1 aromatic carbocycles. The SMILES string of the molecule is CC1(C)[C@@H]2CC[C@@]1(C)/C(=N/NC(=O)c1ccc([N+](=O)[O-])cc1)C2. The third kappa shape index (κ3) is 2.33. The molecule has 1 amide bonds. The maximum Gasteiger partial charge on any atom is 0.271 e. The van der Waals surface area contributed by atoms with Gasteiger partial charge in [0.05, 0.1) is 4.92 Å². The Hall–Kier alpha value is -2.24. The number of benzene rings is 1. The second kappa shape index (κ2) is 5.15. The van der Waals surface area contributed by atoms with Gasteiger partial charge in [0, 0.05) is 28.8 Å². The molecule has 0 radical (unpaired) electrons. The van der Waals surface area contributed by atoms with Gasteiger partial charge in [-0.2, -0.15) is 5.10 Å². The first kappa shape index (κ1) is 15.6. The van der Waals surface area contributed by atoms with E-state index < -0.39 is 4.92 Å². The Morgan fingerprint density at radius 3 is 2.43 bits per heavy atom. The molecule has 0 unspecified atom stereocenters. The highest BCUT2D eigenvalue weighted by Gasteiger charge is 2.59. The molecule has 0 saturated heterocycles. The molecule has 0 spiro atoms. The van der Waals surface area contributed by atoms with Gasteiger partial charge in [-0.05, 0) is 42.7 Å². The lowest BCUT2D eigenvalue weighted by molar-refractivity contribution is -0.384. The number of carbonyl (C=O) groups excluding carboxylic acids is 1. The van der Waals surface area contributed by atoms with Gasteiger partial charge in [-0.3, -0.25) is 14.9 Å². The number of nitrogens with zero attached hydrogens (tertiary/aromatic N) is 2. The number of fused-ring (bicyclic) bond motifs is 2. The average Bonchev–Trinajstić information content (AvgIpc) is 2.85. The first-order chi connectivity index (χ1) is 10.8. The van der Waals surface area contributed by atoms with Crippen molar-refractivity contribution in [2.75, 3.05) is 0 Å². The summed E-state index contributed by atoms with van der Waals surface area (Å²) in [4.78, 5) is 22.3. The zero-order valence-corrected chi connectivity index (χ0v) is 13.6. The van der Waals surface area contributed by atoms with Gasteiger partial charge < -0.3 is 0 Å². The smallest absolute Gasteiger partial charge is 0.267 e. The maximum atomic E-state index is 12.2. The summed E-state index contributed by atoms with van der Waals surface area (Å²) < 4.78 is 0. The van der Waals surface area contributed by atoms with Crippen LogP contribution in [0.3, 0.4) is 0 Å². The van der Waals surface area contributed by atoms with Gasteiger partial charge in [-0.1, -0.05) is 20.8 Å². The predicted octanol–water partition coefficient (Wildman–Crippen LogP) is 3.53. The molecule has 0 aromatic heterocycles. The topological polar surface area (TPSA) is 84.6 Å². The van der Waals surface area contributed by atoms with Gasteiger partial charge in [0.15, 0.2) is 0 Å². The molecule has 2 fully saturated rings. The normalized spacial score (nSPS) is 29.7. The zero-order valence-electron chi connectivity index (χ0n) is 13.6. The standard InChI is InChI=1S/C17H21N3O3/c1-16(2)12-8-9-17(16,3)14(10-12)18-19-15(21)11-4-6-13(7-5-11)20(22)23/h4-7,12H,8-10H2,1-3H3,(H,19,21)/b18-14+/t12-,17+/m1/s1. The van der Waals surface area contributed by atoms with Gasteiger partial charge in [0.2, 0.25) is 0 Å². The highest BCUT2D eigenvalue weighted by atomic mass is 16.6. The Balaban J connectivity index is 1.73. The van der Waals surface area contributed by atoms with E-state index in [1.165, 1.54) is 30.7 Å². The lowest BCUT2D eigenvalue weighted by Crippen LogP contribution is -2.34. The Morgan fingerprint density at radius 2 is 1.96 bits per heavy atom. The summed E-state index contributed by atoms with van der Waals surface area (Å²) in [6.07, 6.45) is 3.26. The fourth-order valence-corrected chi connectivity index (χ4v) is 4.01. The highest BCUT2D eigenvalue weighted by Crippen LogP contribution is 2.63. The molecular weight excluding hydrogens is 294 g/mol. The zero-order chi connectivity index (χ0) is 16.8. The van der Waals surface area contributed by atoms with Gasteiger partial charge in [0.25, 0.3) is 11.6 Å². The minimum absolute atomic E-state index is 0.0322. The summed E-state index contributed by atoms with van der Waals surface area (Å²) in [5.41, 5.74) is 4.27. The second-order valence-corrected chi connectivity index (χ2v) is 7.30. The van der Waals surface area contributed by atoms with E-state index in [4.69, 9.17) is 0 Å². The molecule has 1 aromatic rings. The van der Waals surface area contributed by atoms with Crippen molar-refractivity contribution in [2.45, 2.75) is 40.0 Å². The molecule has 6 nitrogen and oxygen atoms in total. The summed E-state index contributed by atoms with van der Waals surface area (Å²) in [7, 11) is 0. The van der Waals surface area contributed by atoms with Gasteiger partial charge in [-0.15, -0.1) is 0 Å². The molecule has 23 heavy (non-hydrogen) atoms. The van der Waals surface area contributed by atoms with Crippen molar-refractivity contribution < 1.29 is 9.72 Å². The fraction of sp³-hybridized carbons (Fsp3) is 0.529. The lowest BCUT2D eigenvalue weighted by atomic mass is 9.70. The third-order valence-electron chi connectivity index (χ3n) is 6.14. The van der Waals surface area contributed by atoms with Gasteiger partial charge >= 0.3 is 0 Å². The van der Waals surface area contributed by atoms with Crippen LogP contribution in [0.2, 0.25) is 0 Å². The number of carbonyl (C=O) groups is 1. The van der Waals surface area contributed by atoms with Crippen molar-refractivity contribution in [3.8, 4) is 0 Å². The Labute approximate surface area is 135 Å². The van der Waals surface area contributed by atoms with E-state index in [0.717, 1.165) is 18.6 Å². The quantitative estimate of drug-likeness (QED) is 0.684. The number of nitrogens with one attached hydrogen (secondary N) is 1. The molecule has 6 heteroatoms. The van der Waals surface area contributed by atoms with E-state index >= 15 is 0 Å². The van der Waals surface area contributed by atoms with E-state index in [0.29, 0.717) is 11.5 Å². The maximum absolute atomic E-state index is 12.2. The van der Waals surface area contributed by atoms with Gasteiger partial charge in [0.1, 0.15) is 0 Å². The molecule has 2 saturated carbocycles. The molecule has 1 N–H and O–H groups in total. The van der Waals surface area contributed by atoms with E-state index in [9.17, 15) is 14.9 Å². The van der Waals surface area contributed by atoms with Crippen LogP contribution in [0.15, 0.2) is 29.4 Å². The van der Waals surface area contributed by atoms with Crippen LogP contribution in [-0.2, 0) is 0 Å². The summed E-state index contributed by atoms with van der Waals surface area (Å²) in [6, 6.07) is 5.54. The van der Waals surface area contributed by atoms with Crippen molar-refractivity contribution in [3.63, 3.8) is 0 Å². The van der Waals surface area contributed by atoms with Crippen LogP contribution in [0, 0.1) is 26.9 Å². The molecule has 3 rings (SSSR count). The second-order valence-electron chi connectivity index (χ2n) is 7.30. The van der Waals surface area contributed by atoms with Gasteiger partial charge in [-0.25, -0.2) is 5.43 Å². The van der Waals surface area contributed by atoms with Crippen molar-refractivity contribution in [3.05, 3.63) is 39.9 Å². The summed E-state index contributed by atoms with van der Waals surface area (Å²) in [5, 5.41) is 15.0. The molecule has 2 bridgehead atoms. The number of nitro benzene ring substituents is 1. The van der Waals surface area contributed by atoms with Crippen molar-refractivity contribution in [1.29, 1.82) is 0 Å². The van der Waals surface area contributed by atoms with Crippen LogP contribution in [0.4, 0.5) is 5.69 Å². The average molecular weight is 315 g/mol. The van der Waals surface area contributed by atoms with E-state index in [1.807, 2.05) is 0 Å². The molecule has 0 heterocycles. The fourth-order valence-electron chi connectivity index (χ4n) is 4.01. The van der Waals surface area contributed by atoms with Crippen LogP contribution in [-0.4, -0.2) is 16.5 Å². The molecular formula is C17H21N3O3. The summed E-state index contributed by atoms with van der Waals surface area (Å²) in [6.45, 7) is 6.80. The first-order valence-electron chi connectivity index (χ1n) is 7.87. The van der Waals surface area contributed by atoms with Crippen LogP contribution in [0.25, 0.3) is 0 Å². The van der Waals surface area contributed by atoms with Crippen LogP contribution < -0.4 is 5.43 Å². The van der Waals surface area contributed by atoms with Crippen molar-refractivity contribution in [2.24, 2.45) is 21.8 Å². The number of hydrogen-bond donors (Lipinski definition) is 1. The Morgan fingerprint density at radius 1 is 1.30 bits per heavy atom. The molecule has 2 aliphatic rings. The number of nitro groups is 1. The minimum Gasteiger partial charge on any atom is -0.267 e. The van der Waals surface area contributed by atoms with Crippen molar-refractivity contribution >= 4 is 17.3 Å². The number of hydrazone groups is 1. The Kier molecular flexibility index (Phi) is 3.50. The van der Waals surface area contributed by atoms with E-state index in [1.54, 1.807) is 0 Å². The molecule has 0 aliphatic heterocycles. The highest BCUT2D eigenvalue weighted by molar-refractivity contribution is 5.98. The Bertz CT molecular complexity index is 694. The summed E-state index contributed by atoms with van der Waals surface area (Å²) in [5.74, 6) is 0.291. The monoisotopic (exact) mass is 315 g/mol. The summed E-state index contributed by atoms with van der Waals surface area (Å²) >= 11 is 0. The van der Waals surface area contributed by atoms with E-state index in [-0.39, 0.29) is 22.4 Å². The largest absolute Gasteiger partial charge is 0.271 e. The van der Waals surface area contributed by atoms with Crippen LogP contribution in [0.1, 0.15) is 50.4 Å². The molecule has 122 valence electrons. The van der Waals surface area contributed by atoms with Crippen LogP contribution in [0.5, 0.6) is 0 Å².